The first-order chi connectivity index (χ1) is 13.6. The fourth-order valence-corrected chi connectivity index (χ4v) is 2.64. The van der Waals surface area contributed by atoms with Crippen LogP contribution in [0.5, 0.6) is 11.5 Å². The van der Waals surface area contributed by atoms with Crippen molar-refractivity contribution in [3.8, 4) is 11.5 Å². The van der Waals surface area contributed by atoms with Crippen molar-refractivity contribution < 1.29 is 19.9 Å². The number of nitrogens with zero attached hydrogens (tertiary/aromatic N) is 2. The summed E-state index contributed by atoms with van der Waals surface area (Å²) in [5.41, 5.74) is 2.92. The molecule has 0 aliphatic carbocycles. The highest BCUT2D eigenvalue weighted by Gasteiger charge is 2.01. The maximum absolute atomic E-state index is 8.76. The van der Waals surface area contributed by atoms with Crippen LogP contribution >= 0.6 is 0 Å². The lowest BCUT2D eigenvalue weighted by Gasteiger charge is -2.08. The normalized spacial score (nSPS) is 12.1. The fourth-order valence-electron chi connectivity index (χ4n) is 2.64. The van der Waals surface area contributed by atoms with Crippen LogP contribution in [-0.2, 0) is 0 Å². The molecule has 2 rings (SSSR count). The summed E-state index contributed by atoms with van der Waals surface area (Å²) in [6.45, 7) is 4.87. The van der Waals surface area contributed by atoms with Crippen LogP contribution in [0.25, 0.3) is 0 Å². The topological polar surface area (TPSA) is 83.6 Å². The van der Waals surface area contributed by atoms with Crippen LogP contribution in [0.3, 0.4) is 0 Å². The van der Waals surface area contributed by atoms with Crippen LogP contribution in [0, 0.1) is 0 Å². The van der Waals surface area contributed by atoms with Gasteiger partial charge in [-0.3, -0.25) is 0 Å². The molecular weight excluding hydrogens is 356 g/mol. The van der Waals surface area contributed by atoms with Gasteiger partial charge in [0, 0.05) is 0 Å². The molecule has 0 bridgehead atoms. The van der Waals surface area contributed by atoms with Crippen LogP contribution in [0.4, 0.5) is 0 Å². The molecule has 0 aliphatic heterocycles. The second-order valence-electron chi connectivity index (χ2n) is 6.53. The van der Waals surface area contributed by atoms with E-state index in [0.717, 1.165) is 48.3 Å². The van der Waals surface area contributed by atoms with Crippen LogP contribution in [-0.4, -0.2) is 35.1 Å². The lowest BCUT2D eigenvalue weighted by molar-refractivity contribution is 0.287. The number of oxime groups is 2. The number of unbranched alkanes of at least 4 members (excludes halogenated alkanes) is 3. The van der Waals surface area contributed by atoms with E-state index in [9.17, 15) is 0 Å². The van der Waals surface area contributed by atoms with Gasteiger partial charge in [0.15, 0.2) is 0 Å². The third-order valence-corrected chi connectivity index (χ3v) is 4.42. The molecule has 0 unspecified atom stereocenters. The Morgan fingerprint density at radius 1 is 0.643 bits per heavy atom. The van der Waals surface area contributed by atoms with E-state index in [1.807, 2.05) is 48.5 Å². The lowest BCUT2D eigenvalue weighted by Crippen LogP contribution is -2.01. The van der Waals surface area contributed by atoms with E-state index in [2.05, 4.69) is 10.3 Å². The lowest BCUT2D eigenvalue weighted by atomic mass is 10.1. The monoisotopic (exact) mass is 384 g/mol. The van der Waals surface area contributed by atoms with Crippen molar-refractivity contribution in [1.29, 1.82) is 0 Å². The largest absolute Gasteiger partial charge is 0.494 e. The maximum Gasteiger partial charge on any atom is 0.119 e. The Morgan fingerprint density at radius 2 is 1.00 bits per heavy atom. The highest BCUT2D eigenvalue weighted by Crippen LogP contribution is 2.15. The van der Waals surface area contributed by atoms with Gasteiger partial charge in [-0.1, -0.05) is 10.3 Å². The summed E-state index contributed by atoms with van der Waals surface area (Å²) in [5, 5.41) is 23.9. The molecule has 0 amide bonds. The summed E-state index contributed by atoms with van der Waals surface area (Å²) in [7, 11) is 0. The van der Waals surface area contributed by atoms with E-state index < -0.39 is 0 Å². The molecule has 6 nitrogen and oxygen atoms in total. The van der Waals surface area contributed by atoms with Gasteiger partial charge in [-0.05, 0) is 99.2 Å². The highest BCUT2D eigenvalue weighted by atomic mass is 16.5. The van der Waals surface area contributed by atoms with Crippen molar-refractivity contribution in [2.24, 2.45) is 10.3 Å². The number of ether oxygens (including phenoxy) is 2. The SMILES string of the molecule is C/C(=N/O)c1ccc(OCCCCCCOc2ccc(/C(C)=N/O)cc2)cc1. The average Bonchev–Trinajstić information content (AvgIpc) is 2.75. The molecule has 150 valence electrons. The van der Waals surface area contributed by atoms with Crippen molar-refractivity contribution in [3.63, 3.8) is 0 Å². The van der Waals surface area contributed by atoms with Crippen LogP contribution < -0.4 is 9.47 Å². The van der Waals surface area contributed by atoms with Gasteiger partial charge in [0.2, 0.25) is 0 Å². The third kappa shape index (κ3) is 6.95. The third-order valence-electron chi connectivity index (χ3n) is 4.42. The highest BCUT2D eigenvalue weighted by molar-refractivity contribution is 5.98. The van der Waals surface area contributed by atoms with Crippen LogP contribution in [0.1, 0.15) is 50.7 Å². The maximum atomic E-state index is 8.76. The first kappa shape index (κ1) is 21.3. The van der Waals surface area contributed by atoms with Crippen LogP contribution in [0.2, 0.25) is 0 Å². The molecule has 28 heavy (non-hydrogen) atoms. The summed E-state index contributed by atoms with van der Waals surface area (Å²) in [5.74, 6) is 1.64. The predicted octanol–water partition coefficient (Wildman–Crippen LogP) is 5.10. The van der Waals surface area contributed by atoms with E-state index >= 15 is 0 Å². The van der Waals surface area contributed by atoms with Crippen molar-refractivity contribution >= 4 is 11.4 Å². The van der Waals surface area contributed by atoms with Gasteiger partial charge in [0.05, 0.1) is 24.6 Å². The minimum Gasteiger partial charge on any atom is -0.494 e. The Morgan fingerprint density at radius 3 is 1.32 bits per heavy atom. The number of hydrogen-bond acceptors (Lipinski definition) is 6. The quantitative estimate of drug-likeness (QED) is 0.244. The van der Waals surface area contributed by atoms with Gasteiger partial charge < -0.3 is 19.9 Å². The second-order valence-corrected chi connectivity index (χ2v) is 6.53. The summed E-state index contributed by atoms with van der Waals surface area (Å²) in [6.07, 6.45) is 4.16. The standard InChI is InChI=1S/C22H28N2O4/c1-17(23-25)19-7-11-21(12-8-19)27-15-5-3-4-6-16-28-22-13-9-20(10-14-22)18(2)24-26/h7-14,25-26H,3-6,15-16H2,1-2H3/b23-17-,24-18+. The van der Waals surface area contributed by atoms with Gasteiger partial charge in [-0.15, -0.1) is 0 Å². The number of benzene rings is 2. The Kier molecular flexibility index (Phi) is 8.85. The summed E-state index contributed by atoms with van der Waals surface area (Å²) in [6, 6.07) is 15.1. The first-order valence-corrected chi connectivity index (χ1v) is 9.48. The fraction of sp³-hybridized carbons (Fsp3) is 0.364. The minimum absolute atomic E-state index is 0.582. The van der Waals surface area contributed by atoms with Crippen LogP contribution in [0.15, 0.2) is 58.8 Å². The van der Waals surface area contributed by atoms with E-state index in [4.69, 9.17) is 19.9 Å². The molecule has 0 aromatic heterocycles. The first-order valence-electron chi connectivity index (χ1n) is 9.48. The zero-order valence-corrected chi connectivity index (χ0v) is 16.5. The average molecular weight is 384 g/mol. The van der Waals surface area contributed by atoms with E-state index in [1.54, 1.807) is 13.8 Å². The van der Waals surface area contributed by atoms with Gasteiger partial charge in [-0.2, -0.15) is 0 Å². The van der Waals surface area contributed by atoms with Gasteiger partial charge >= 0.3 is 0 Å². The minimum atomic E-state index is 0.582. The molecule has 0 saturated heterocycles. The molecule has 2 N–H and O–H groups in total. The molecule has 2 aromatic rings. The van der Waals surface area contributed by atoms with E-state index in [1.165, 1.54) is 0 Å². The van der Waals surface area contributed by atoms with Crippen molar-refractivity contribution in [1.82, 2.24) is 0 Å². The summed E-state index contributed by atoms with van der Waals surface area (Å²) < 4.78 is 11.5. The predicted molar refractivity (Wildman–Crippen MR) is 110 cm³/mol. The Labute approximate surface area is 166 Å². The van der Waals surface area contributed by atoms with Crippen molar-refractivity contribution in [2.75, 3.05) is 13.2 Å². The molecular formula is C22H28N2O4. The molecule has 0 aliphatic rings. The Hall–Kier alpha value is -3.02. The smallest absolute Gasteiger partial charge is 0.119 e. The van der Waals surface area contributed by atoms with Crippen molar-refractivity contribution in [3.05, 3.63) is 59.7 Å². The molecule has 2 aromatic carbocycles. The van der Waals surface area contributed by atoms with Crippen molar-refractivity contribution in [2.45, 2.75) is 39.5 Å². The zero-order chi connectivity index (χ0) is 20.2. The molecule has 6 heteroatoms. The Bertz CT molecular complexity index is 701. The molecule has 0 radical (unpaired) electrons. The Balaban J connectivity index is 1.55. The molecule has 0 atom stereocenters. The van der Waals surface area contributed by atoms with Gasteiger partial charge in [0.1, 0.15) is 11.5 Å². The van der Waals surface area contributed by atoms with E-state index in [-0.39, 0.29) is 0 Å². The molecule has 0 spiro atoms. The molecule has 0 saturated carbocycles. The molecule has 0 fully saturated rings. The van der Waals surface area contributed by atoms with Gasteiger partial charge in [-0.25, -0.2) is 0 Å². The van der Waals surface area contributed by atoms with E-state index in [0.29, 0.717) is 24.6 Å². The second kappa shape index (κ2) is 11.6. The molecule has 0 heterocycles. The summed E-state index contributed by atoms with van der Waals surface area (Å²) in [4.78, 5) is 0. The van der Waals surface area contributed by atoms with Gasteiger partial charge in [0.25, 0.3) is 0 Å². The number of rotatable bonds is 11. The number of hydrogen-bond donors (Lipinski definition) is 2. The summed E-state index contributed by atoms with van der Waals surface area (Å²) >= 11 is 0. The zero-order valence-electron chi connectivity index (χ0n) is 16.5.